The van der Waals surface area contributed by atoms with Gasteiger partial charge in [0.1, 0.15) is 11.5 Å². The first-order valence-electron chi connectivity index (χ1n) is 5.20. The van der Waals surface area contributed by atoms with E-state index in [-0.39, 0.29) is 33.4 Å². The normalized spacial score (nSPS) is 10.3. The van der Waals surface area contributed by atoms with Crippen LogP contribution >= 0.6 is 34.8 Å². The molecule has 9 heteroatoms. The van der Waals surface area contributed by atoms with Crippen molar-refractivity contribution in [1.82, 2.24) is 9.97 Å². The Morgan fingerprint density at radius 1 is 1.30 bits per heavy atom. The molecule has 0 fully saturated rings. The molecule has 1 aromatic heterocycles. The number of para-hydroxylation sites is 1. The summed E-state index contributed by atoms with van der Waals surface area (Å²) in [6, 6.07) is 4.18. The van der Waals surface area contributed by atoms with E-state index in [4.69, 9.17) is 39.5 Å². The number of aromatic nitrogens is 2. The van der Waals surface area contributed by atoms with Crippen LogP contribution in [0, 0.1) is 10.1 Å². The largest absolute Gasteiger partial charge is 0.430 e. The average molecular weight is 335 g/mol. The predicted octanol–water partition coefficient (Wildman–Crippen LogP) is 4.22. The zero-order valence-electron chi connectivity index (χ0n) is 9.72. The minimum atomic E-state index is -0.607. The molecule has 0 saturated heterocycles. The summed E-state index contributed by atoms with van der Waals surface area (Å²) < 4.78 is 5.41. The molecule has 0 amide bonds. The molecular formula is C11H6Cl3N3O3. The Kier molecular flexibility index (Phi) is 4.59. The SMILES string of the molecule is O=[N+]([O-])c1cccc(Cl)c1Oc1ncnc(Cl)c1CCl. The van der Waals surface area contributed by atoms with Crippen LogP contribution in [-0.2, 0) is 5.88 Å². The summed E-state index contributed by atoms with van der Waals surface area (Å²) in [5, 5.41) is 11.2. The molecule has 2 rings (SSSR count). The van der Waals surface area contributed by atoms with Crippen molar-refractivity contribution in [3.8, 4) is 11.6 Å². The number of nitrogens with zero attached hydrogens (tertiary/aromatic N) is 3. The van der Waals surface area contributed by atoms with Crippen molar-refractivity contribution in [3.63, 3.8) is 0 Å². The number of alkyl halides is 1. The van der Waals surface area contributed by atoms with Gasteiger partial charge >= 0.3 is 5.69 Å². The number of benzene rings is 1. The quantitative estimate of drug-likeness (QED) is 0.362. The van der Waals surface area contributed by atoms with Gasteiger partial charge in [-0.3, -0.25) is 10.1 Å². The fourth-order valence-corrected chi connectivity index (χ4v) is 2.12. The summed E-state index contributed by atoms with van der Waals surface area (Å²) in [6.45, 7) is 0. The van der Waals surface area contributed by atoms with Crippen LogP contribution in [0.4, 0.5) is 5.69 Å². The highest BCUT2D eigenvalue weighted by atomic mass is 35.5. The Balaban J connectivity index is 2.50. The van der Waals surface area contributed by atoms with Crippen LogP contribution in [0.2, 0.25) is 10.2 Å². The molecule has 0 unspecified atom stereocenters. The molecule has 104 valence electrons. The Hall–Kier alpha value is -1.63. The second-order valence-electron chi connectivity index (χ2n) is 3.53. The van der Waals surface area contributed by atoms with E-state index in [1.807, 2.05) is 0 Å². The van der Waals surface area contributed by atoms with Gasteiger partial charge in [-0.2, -0.15) is 0 Å². The van der Waals surface area contributed by atoms with E-state index in [1.54, 1.807) is 0 Å². The van der Waals surface area contributed by atoms with Crippen molar-refractivity contribution in [2.75, 3.05) is 0 Å². The molecule has 2 aromatic rings. The topological polar surface area (TPSA) is 78.2 Å². The first-order valence-corrected chi connectivity index (χ1v) is 6.49. The molecule has 0 saturated carbocycles. The summed E-state index contributed by atoms with van der Waals surface area (Å²) in [5.74, 6) is -0.107. The Morgan fingerprint density at radius 2 is 2.05 bits per heavy atom. The highest BCUT2D eigenvalue weighted by molar-refractivity contribution is 6.32. The van der Waals surface area contributed by atoms with E-state index in [0.717, 1.165) is 6.33 Å². The van der Waals surface area contributed by atoms with E-state index in [1.165, 1.54) is 18.2 Å². The summed E-state index contributed by atoms with van der Waals surface area (Å²) in [7, 11) is 0. The lowest BCUT2D eigenvalue weighted by atomic mass is 10.3. The van der Waals surface area contributed by atoms with Crippen molar-refractivity contribution in [3.05, 3.63) is 50.4 Å². The molecule has 1 aromatic carbocycles. The second kappa shape index (κ2) is 6.21. The lowest BCUT2D eigenvalue weighted by Crippen LogP contribution is -1.99. The molecule has 0 bridgehead atoms. The van der Waals surface area contributed by atoms with E-state index < -0.39 is 4.92 Å². The second-order valence-corrected chi connectivity index (χ2v) is 4.56. The monoisotopic (exact) mass is 333 g/mol. The summed E-state index contributed by atoms with van der Waals surface area (Å²) in [6.07, 6.45) is 1.16. The molecule has 6 nitrogen and oxygen atoms in total. The maximum atomic E-state index is 11.0. The lowest BCUT2D eigenvalue weighted by molar-refractivity contribution is -0.385. The zero-order chi connectivity index (χ0) is 14.7. The van der Waals surface area contributed by atoms with Gasteiger partial charge < -0.3 is 4.74 Å². The third-order valence-corrected chi connectivity index (χ3v) is 3.22. The Bertz CT molecular complexity index is 667. The molecule has 0 aliphatic carbocycles. The van der Waals surface area contributed by atoms with Crippen molar-refractivity contribution >= 4 is 40.5 Å². The van der Waals surface area contributed by atoms with Crippen LogP contribution in [0.15, 0.2) is 24.5 Å². The summed E-state index contributed by atoms with van der Waals surface area (Å²) in [5.41, 5.74) is 0.0396. The van der Waals surface area contributed by atoms with Crippen LogP contribution < -0.4 is 4.74 Å². The molecule has 0 spiro atoms. The molecule has 1 heterocycles. The molecule has 0 N–H and O–H groups in total. The zero-order valence-corrected chi connectivity index (χ0v) is 12.0. The molecule has 0 aliphatic heterocycles. The van der Waals surface area contributed by atoms with Gasteiger partial charge in [0.15, 0.2) is 0 Å². The fourth-order valence-electron chi connectivity index (χ4n) is 1.42. The first-order chi connectivity index (χ1) is 9.54. The minimum absolute atomic E-state index is 0.00669. The van der Waals surface area contributed by atoms with Crippen LogP contribution in [-0.4, -0.2) is 14.9 Å². The lowest BCUT2D eigenvalue weighted by Gasteiger charge is -2.10. The third kappa shape index (κ3) is 2.92. The molecule has 0 atom stereocenters. The highest BCUT2D eigenvalue weighted by Gasteiger charge is 2.21. The van der Waals surface area contributed by atoms with E-state index in [0.29, 0.717) is 5.56 Å². The third-order valence-electron chi connectivity index (χ3n) is 2.33. The van der Waals surface area contributed by atoms with Crippen LogP contribution in [0.3, 0.4) is 0 Å². The number of hydrogen-bond donors (Lipinski definition) is 0. The number of ether oxygens (including phenoxy) is 1. The number of halogens is 3. The van der Waals surface area contributed by atoms with E-state index >= 15 is 0 Å². The molecule has 0 radical (unpaired) electrons. The number of hydrogen-bond acceptors (Lipinski definition) is 5. The smallest absolute Gasteiger partial charge is 0.313 e. The summed E-state index contributed by atoms with van der Waals surface area (Å²) in [4.78, 5) is 18.0. The number of nitro groups is 1. The average Bonchev–Trinajstić information content (AvgIpc) is 2.41. The molecule has 0 aliphatic rings. The fraction of sp³-hybridized carbons (Fsp3) is 0.0909. The number of rotatable bonds is 4. The predicted molar refractivity (Wildman–Crippen MR) is 74.8 cm³/mol. The molecule has 20 heavy (non-hydrogen) atoms. The van der Waals surface area contributed by atoms with Crippen LogP contribution in [0.5, 0.6) is 11.6 Å². The minimum Gasteiger partial charge on any atom is -0.430 e. The van der Waals surface area contributed by atoms with E-state index in [2.05, 4.69) is 9.97 Å². The van der Waals surface area contributed by atoms with Gasteiger partial charge in [-0.25, -0.2) is 9.97 Å². The summed E-state index contributed by atoms with van der Waals surface area (Å²) >= 11 is 17.5. The van der Waals surface area contributed by atoms with Gasteiger partial charge in [-0.1, -0.05) is 29.3 Å². The standard InChI is InChI=1S/C11H6Cl3N3O3/c12-4-6-10(14)15-5-16-11(6)20-9-7(13)2-1-3-8(9)17(18)19/h1-3,5H,4H2. The van der Waals surface area contributed by atoms with Gasteiger partial charge in [0.25, 0.3) is 0 Å². The molecular weight excluding hydrogens is 328 g/mol. The maximum absolute atomic E-state index is 11.0. The Morgan fingerprint density at radius 3 is 2.70 bits per heavy atom. The van der Waals surface area contributed by atoms with Crippen molar-refractivity contribution in [2.45, 2.75) is 5.88 Å². The van der Waals surface area contributed by atoms with Crippen molar-refractivity contribution in [2.24, 2.45) is 0 Å². The van der Waals surface area contributed by atoms with Crippen molar-refractivity contribution in [1.29, 1.82) is 0 Å². The van der Waals surface area contributed by atoms with Gasteiger partial charge in [0.05, 0.1) is 21.4 Å². The Labute approximate surface area is 128 Å². The van der Waals surface area contributed by atoms with Gasteiger partial charge in [0.2, 0.25) is 11.6 Å². The highest BCUT2D eigenvalue weighted by Crippen LogP contribution is 2.38. The van der Waals surface area contributed by atoms with E-state index in [9.17, 15) is 10.1 Å². The maximum Gasteiger partial charge on any atom is 0.313 e. The van der Waals surface area contributed by atoms with Gasteiger partial charge in [-0.05, 0) is 6.07 Å². The van der Waals surface area contributed by atoms with Crippen LogP contribution in [0.1, 0.15) is 5.56 Å². The van der Waals surface area contributed by atoms with Crippen LogP contribution in [0.25, 0.3) is 0 Å². The van der Waals surface area contributed by atoms with Gasteiger partial charge in [-0.15, -0.1) is 11.6 Å². The van der Waals surface area contributed by atoms with Crippen molar-refractivity contribution < 1.29 is 9.66 Å². The first kappa shape index (κ1) is 14.8. The number of nitro benzene ring substituents is 1. The van der Waals surface area contributed by atoms with Gasteiger partial charge in [0, 0.05) is 6.07 Å².